The van der Waals surface area contributed by atoms with E-state index in [4.69, 9.17) is 5.11 Å². The number of aliphatic hydroxyl groups is 1. The van der Waals surface area contributed by atoms with Crippen molar-refractivity contribution in [2.24, 2.45) is 0 Å². The molecule has 2 rings (SSSR count). The van der Waals surface area contributed by atoms with Crippen molar-refractivity contribution in [2.45, 2.75) is 31.7 Å². The summed E-state index contributed by atoms with van der Waals surface area (Å²) in [6, 6.07) is 0.0260. The number of nitrogens with zero attached hydrogens (tertiary/aromatic N) is 2. The van der Waals surface area contributed by atoms with Crippen LogP contribution in [-0.2, 0) is 9.59 Å². The first kappa shape index (κ1) is 14.3. The van der Waals surface area contributed by atoms with Gasteiger partial charge in [-0.1, -0.05) is 0 Å². The van der Waals surface area contributed by atoms with Crippen LogP contribution >= 0.6 is 0 Å². The highest BCUT2D eigenvalue weighted by Crippen LogP contribution is 2.20. The SMILES string of the molecule is O=C(C(=O)N1CCCCC1CCO)N1CCNCC1. The average molecular weight is 269 g/mol. The molecule has 0 bridgehead atoms. The molecule has 0 aliphatic carbocycles. The van der Waals surface area contributed by atoms with Gasteiger partial charge in [0.25, 0.3) is 0 Å². The van der Waals surface area contributed by atoms with Crippen molar-refractivity contribution in [1.82, 2.24) is 15.1 Å². The Morgan fingerprint density at radius 2 is 1.84 bits per heavy atom. The minimum Gasteiger partial charge on any atom is -0.396 e. The Balaban J connectivity index is 1.97. The minimum absolute atomic E-state index is 0.0260. The highest BCUT2D eigenvalue weighted by atomic mass is 16.3. The molecular weight excluding hydrogens is 246 g/mol. The first-order valence-corrected chi connectivity index (χ1v) is 7.15. The molecule has 1 atom stereocenters. The van der Waals surface area contributed by atoms with Crippen molar-refractivity contribution in [3.63, 3.8) is 0 Å². The van der Waals surface area contributed by atoms with Crippen LogP contribution < -0.4 is 5.32 Å². The monoisotopic (exact) mass is 269 g/mol. The largest absolute Gasteiger partial charge is 0.396 e. The first-order valence-electron chi connectivity index (χ1n) is 7.15. The number of piperazine rings is 1. The predicted octanol–water partition coefficient (Wildman–Crippen LogP) is -0.818. The van der Waals surface area contributed by atoms with Gasteiger partial charge in [0.2, 0.25) is 0 Å². The second-order valence-electron chi connectivity index (χ2n) is 5.20. The fourth-order valence-corrected chi connectivity index (χ4v) is 2.84. The van der Waals surface area contributed by atoms with Crippen LogP contribution in [0.25, 0.3) is 0 Å². The van der Waals surface area contributed by atoms with Gasteiger partial charge in [-0.25, -0.2) is 0 Å². The highest BCUT2D eigenvalue weighted by molar-refractivity contribution is 6.35. The molecule has 2 aliphatic heterocycles. The zero-order valence-electron chi connectivity index (χ0n) is 11.3. The number of hydrogen-bond acceptors (Lipinski definition) is 4. The lowest BCUT2D eigenvalue weighted by atomic mass is 9.99. The van der Waals surface area contributed by atoms with Gasteiger partial charge in [0, 0.05) is 45.4 Å². The molecule has 2 fully saturated rings. The molecule has 0 aromatic rings. The lowest BCUT2D eigenvalue weighted by Gasteiger charge is -2.37. The summed E-state index contributed by atoms with van der Waals surface area (Å²) in [4.78, 5) is 27.8. The minimum atomic E-state index is -0.389. The zero-order chi connectivity index (χ0) is 13.7. The summed E-state index contributed by atoms with van der Waals surface area (Å²) in [5.74, 6) is -0.772. The van der Waals surface area contributed by atoms with Crippen molar-refractivity contribution in [1.29, 1.82) is 0 Å². The van der Waals surface area contributed by atoms with E-state index in [9.17, 15) is 9.59 Å². The summed E-state index contributed by atoms with van der Waals surface area (Å²) in [6.45, 7) is 3.40. The Morgan fingerprint density at radius 1 is 1.11 bits per heavy atom. The molecule has 2 amide bonds. The van der Waals surface area contributed by atoms with Gasteiger partial charge in [-0.15, -0.1) is 0 Å². The van der Waals surface area contributed by atoms with E-state index in [1.165, 1.54) is 0 Å². The summed E-state index contributed by atoms with van der Waals surface area (Å²) in [6.07, 6.45) is 3.47. The quantitative estimate of drug-likeness (QED) is 0.643. The number of amides is 2. The number of hydrogen-bond donors (Lipinski definition) is 2. The van der Waals surface area contributed by atoms with Gasteiger partial charge >= 0.3 is 11.8 Å². The average Bonchev–Trinajstić information content (AvgIpc) is 2.47. The Hall–Kier alpha value is -1.14. The third-order valence-corrected chi connectivity index (χ3v) is 3.94. The molecule has 19 heavy (non-hydrogen) atoms. The number of rotatable bonds is 2. The third kappa shape index (κ3) is 3.45. The van der Waals surface area contributed by atoms with Crippen LogP contribution in [0.5, 0.6) is 0 Å². The third-order valence-electron chi connectivity index (χ3n) is 3.94. The van der Waals surface area contributed by atoms with Crippen molar-refractivity contribution < 1.29 is 14.7 Å². The standard InChI is InChI=1S/C13H23N3O3/c17-10-4-11-3-1-2-7-16(11)13(19)12(18)15-8-5-14-6-9-15/h11,14,17H,1-10H2. The zero-order valence-corrected chi connectivity index (χ0v) is 11.3. The molecule has 0 aromatic carbocycles. The van der Waals surface area contributed by atoms with Crippen LogP contribution in [0.15, 0.2) is 0 Å². The van der Waals surface area contributed by atoms with Crippen molar-refractivity contribution in [3.8, 4) is 0 Å². The molecule has 6 nitrogen and oxygen atoms in total. The first-order chi connectivity index (χ1) is 9.24. The normalized spacial score (nSPS) is 24.4. The van der Waals surface area contributed by atoms with E-state index >= 15 is 0 Å². The lowest BCUT2D eigenvalue weighted by Crippen LogP contribution is -2.55. The Kier molecular flexibility index (Phi) is 5.15. The number of piperidine rings is 1. The molecular formula is C13H23N3O3. The Bertz CT molecular complexity index is 327. The Labute approximate surface area is 113 Å². The van der Waals surface area contributed by atoms with Crippen LogP contribution in [0.3, 0.4) is 0 Å². The van der Waals surface area contributed by atoms with Gasteiger partial charge in [-0.05, 0) is 25.7 Å². The fourth-order valence-electron chi connectivity index (χ4n) is 2.84. The van der Waals surface area contributed by atoms with Crippen LogP contribution in [0.2, 0.25) is 0 Å². The molecule has 2 aliphatic rings. The number of carbonyl (C=O) groups is 2. The van der Waals surface area contributed by atoms with Crippen LogP contribution in [-0.4, -0.2) is 72.1 Å². The van der Waals surface area contributed by atoms with Gasteiger partial charge < -0.3 is 20.2 Å². The summed E-state index contributed by atoms with van der Waals surface area (Å²) < 4.78 is 0. The van der Waals surface area contributed by atoms with Gasteiger partial charge in [-0.2, -0.15) is 0 Å². The van der Waals surface area contributed by atoms with Crippen molar-refractivity contribution >= 4 is 11.8 Å². The van der Waals surface area contributed by atoms with Crippen LogP contribution in [0.1, 0.15) is 25.7 Å². The molecule has 1 unspecified atom stereocenters. The molecule has 6 heteroatoms. The summed E-state index contributed by atoms with van der Waals surface area (Å²) >= 11 is 0. The predicted molar refractivity (Wildman–Crippen MR) is 70.5 cm³/mol. The molecule has 2 heterocycles. The molecule has 0 radical (unpaired) electrons. The van der Waals surface area contributed by atoms with Gasteiger partial charge in [0.15, 0.2) is 0 Å². The topological polar surface area (TPSA) is 72.9 Å². The number of carbonyl (C=O) groups excluding carboxylic acids is 2. The van der Waals surface area contributed by atoms with Crippen molar-refractivity contribution in [2.75, 3.05) is 39.3 Å². The molecule has 0 saturated carbocycles. The van der Waals surface area contributed by atoms with E-state index in [-0.39, 0.29) is 24.5 Å². The maximum Gasteiger partial charge on any atom is 0.312 e. The van der Waals surface area contributed by atoms with E-state index < -0.39 is 0 Å². The van der Waals surface area contributed by atoms with Crippen LogP contribution in [0.4, 0.5) is 0 Å². The molecule has 2 N–H and O–H groups in total. The number of nitrogens with one attached hydrogen (secondary N) is 1. The van der Waals surface area contributed by atoms with Gasteiger partial charge in [0.1, 0.15) is 0 Å². The van der Waals surface area contributed by atoms with E-state index in [0.29, 0.717) is 26.1 Å². The highest BCUT2D eigenvalue weighted by Gasteiger charge is 2.33. The smallest absolute Gasteiger partial charge is 0.312 e. The van der Waals surface area contributed by atoms with E-state index in [1.807, 2.05) is 0 Å². The molecule has 108 valence electrons. The van der Waals surface area contributed by atoms with Gasteiger partial charge in [-0.3, -0.25) is 9.59 Å². The maximum atomic E-state index is 12.3. The Morgan fingerprint density at radius 3 is 2.53 bits per heavy atom. The maximum absolute atomic E-state index is 12.3. The summed E-state index contributed by atoms with van der Waals surface area (Å²) in [7, 11) is 0. The number of aliphatic hydroxyl groups excluding tert-OH is 1. The second-order valence-corrected chi connectivity index (χ2v) is 5.20. The second kappa shape index (κ2) is 6.86. The number of likely N-dealkylation sites (tertiary alicyclic amines) is 1. The molecule has 2 saturated heterocycles. The van der Waals surface area contributed by atoms with Crippen LogP contribution in [0, 0.1) is 0 Å². The summed E-state index contributed by atoms with van der Waals surface area (Å²) in [5, 5.41) is 12.2. The lowest BCUT2D eigenvalue weighted by molar-refractivity contribution is -0.154. The van der Waals surface area contributed by atoms with E-state index in [0.717, 1.165) is 32.4 Å². The molecule has 0 spiro atoms. The van der Waals surface area contributed by atoms with Gasteiger partial charge in [0.05, 0.1) is 0 Å². The van der Waals surface area contributed by atoms with E-state index in [2.05, 4.69) is 5.32 Å². The molecule has 0 aromatic heterocycles. The summed E-state index contributed by atoms with van der Waals surface area (Å²) in [5.41, 5.74) is 0. The van der Waals surface area contributed by atoms with Crippen molar-refractivity contribution in [3.05, 3.63) is 0 Å². The van der Waals surface area contributed by atoms with E-state index in [1.54, 1.807) is 9.80 Å². The fraction of sp³-hybridized carbons (Fsp3) is 0.846.